The van der Waals surface area contributed by atoms with Crippen LogP contribution in [0.3, 0.4) is 0 Å². The van der Waals surface area contributed by atoms with Gasteiger partial charge in [-0.05, 0) is 0 Å². The molecule has 7 N–H and O–H groups in total. The SMILES string of the molecule is O=C(CO)[C@@H](O)[C@@H](O)[C@H](O)CO.[Ca+2].[OH-].[OH-]. The molecule has 0 rings (SSSR count). The predicted molar refractivity (Wildman–Crippen MR) is 46.8 cm³/mol. The van der Waals surface area contributed by atoms with E-state index in [1.54, 1.807) is 0 Å². The van der Waals surface area contributed by atoms with E-state index >= 15 is 0 Å². The summed E-state index contributed by atoms with van der Waals surface area (Å²) in [6.45, 7) is -1.69. The van der Waals surface area contributed by atoms with Crippen LogP contribution in [0.2, 0.25) is 0 Å². The van der Waals surface area contributed by atoms with Crippen molar-refractivity contribution in [1.29, 1.82) is 0 Å². The van der Waals surface area contributed by atoms with Crippen LogP contribution in [-0.4, -0.2) is 112 Å². The fourth-order valence-electron chi connectivity index (χ4n) is 0.602. The third kappa shape index (κ3) is 8.46. The molecule has 0 unspecified atom stereocenters. The molecule has 3 atom stereocenters. The number of carbonyl (C=O) groups is 1. The number of aliphatic hydroxyl groups is 5. The second kappa shape index (κ2) is 12.7. The molecule has 0 fully saturated rings. The van der Waals surface area contributed by atoms with Crippen molar-refractivity contribution in [2.45, 2.75) is 18.3 Å². The van der Waals surface area contributed by atoms with Gasteiger partial charge in [0.25, 0.3) is 0 Å². The van der Waals surface area contributed by atoms with E-state index in [1.165, 1.54) is 0 Å². The van der Waals surface area contributed by atoms with E-state index in [1.807, 2.05) is 0 Å². The molecule has 8 nitrogen and oxygen atoms in total. The molecule has 0 aliphatic rings. The van der Waals surface area contributed by atoms with Gasteiger partial charge in [-0.25, -0.2) is 0 Å². The van der Waals surface area contributed by atoms with Gasteiger partial charge in [0, 0.05) is 0 Å². The summed E-state index contributed by atoms with van der Waals surface area (Å²) in [4.78, 5) is 10.5. The molecule has 0 aromatic rings. The summed E-state index contributed by atoms with van der Waals surface area (Å²) in [5.74, 6) is -1.00. The fraction of sp³-hybridized carbons (Fsp3) is 0.833. The third-order valence-corrected chi connectivity index (χ3v) is 1.39. The van der Waals surface area contributed by atoms with Crippen LogP contribution in [0.25, 0.3) is 0 Å². The Bertz CT molecular complexity index is 154. The Kier molecular flexibility index (Phi) is 21.0. The standard InChI is InChI=1S/C6H12O6.Ca.2H2O/c7-1-3(9)5(11)6(12)4(10)2-8;;;/h3,5-9,11-12H,1-2H2;;2*1H2/q;+2;;/p-2/t3-,5+,6-;;;/m1.../s1. The normalized spacial score (nSPS) is 14.7. The van der Waals surface area contributed by atoms with Gasteiger partial charge >= 0.3 is 37.7 Å². The predicted octanol–water partition coefficient (Wildman–Crippen LogP) is -4.11. The van der Waals surface area contributed by atoms with E-state index in [0.29, 0.717) is 0 Å². The minimum atomic E-state index is -1.86. The molecule has 88 valence electrons. The van der Waals surface area contributed by atoms with Crippen LogP contribution in [0.1, 0.15) is 0 Å². The number of carbonyl (C=O) groups excluding carboxylic acids is 1. The molecule has 0 aromatic carbocycles. The Hall–Kier alpha value is 0.650. The molecule has 0 aliphatic heterocycles. The summed E-state index contributed by atoms with van der Waals surface area (Å²) in [6.07, 6.45) is -5.22. The van der Waals surface area contributed by atoms with Gasteiger partial charge in [0.05, 0.1) is 6.61 Å². The van der Waals surface area contributed by atoms with E-state index in [4.69, 9.17) is 25.5 Å². The van der Waals surface area contributed by atoms with Crippen molar-refractivity contribution in [1.82, 2.24) is 0 Å². The van der Waals surface area contributed by atoms with Crippen LogP contribution in [0.5, 0.6) is 0 Å². The van der Waals surface area contributed by atoms with E-state index in [-0.39, 0.29) is 48.7 Å². The Morgan fingerprint density at radius 3 is 1.73 bits per heavy atom. The molecular formula is C6H14CaO8. The summed E-state index contributed by atoms with van der Waals surface area (Å²) >= 11 is 0. The van der Waals surface area contributed by atoms with Crippen LogP contribution in [-0.2, 0) is 4.79 Å². The zero-order chi connectivity index (χ0) is 9.72. The van der Waals surface area contributed by atoms with E-state index in [9.17, 15) is 4.79 Å². The van der Waals surface area contributed by atoms with Crippen molar-refractivity contribution in [3.8, 4) is 0 Å². The Morgan fingerprint density at radius 2 is 1.47 bits per heavy atom. The molecule has 0 bridgehead atoms. The van der Waals surface area contributed by atoms with E-state index < -0.39 is 37.3 Å². The monoisotopic (exact) mass is 254 g/mol. The van der Waals surface area contributed by atoms with Crippen molar-refractivity contribution >= 4 is 43.5 Å². The van der Waals surface area contributed by atoms with Gasteiger partial charge < -0.3 is 36.5 Å². The number of Topliss-reactive ketones (excluding diaryl/α,β-unsaturated/α-hetero) is 1. The summed E-state index contributed by atoms with van der Waals surface area (Å²) in [5.41, 5.74) is 0. The Balaban J connectivity index is -0.000000202. The van der Waals surface area contributed by atoms with Crippen molar-refractivity contribution < 1.29 is 41.3 Å². The third-order valence-electron chi connectivity index (χ3n) is 1.39. The summed E-state index contributed by atoms with van der Waals surface area (Å²) < 4.78 is 0. The van der Waals surface area contributed by atoms with Crippen LogP contribution in [0, 0.1) is 0 Å². The first kappa shape index (κ1) is 24.7. The van der Waals surface area contributed by atoms with Gasteiger partial charge in [-0.15, -0.1) is 0 Å². The van der Waals surface area contributed by atoms with Crippen LogP contribution in [0.4, 0.5) is 0 Å². The molecule has 0 saturated carbocycles. The zero-order valence-electron chi connectivity index (χ0n) is 7.89. The number of hydrogen-bond donors (Lipinski definition) is 5. The fourth-order valence-corrected chi connectivity index (χ4v) is 0.602. The topological polar surface area (TPSA) is 178 Å². The molecule has 15 heavy (non-hydrogen) atoms. The Labute approximate surface area is 116 Å². The molecule has 9 heteroatoms. The van der Waals surface area contributed by atoms with Crippen LogP contribution >= 0.6 is 0 Å². The second-order valence-corrected chi connectivity index (χ2v) is 2.31. The number of aliphatic hydroxyl groups excluding tert-OH is 5. The smallest absolute Gasteiger partial charge is 0.870 e. The molecule has 0 spiro atoms. The number of hydrogen-bond acceptors (Lipinski definition) is 8. The maximum Gasteiger partial charge on any atom is 2.00 e. The summed E-state index contributed by atoms with van der Waals surface area (Å²) in [6, 6.07) is 0. The molecule has 0 saturated heterocycles. The van der Waals surface area contributed by atoms with Crippen LogP contribution < -0.4 is 0 Å². The molecule has 0 heterocycles. The minimum Gasteiger partial charge on any atom is -0.870 e. The van der Waals surface area contributed by atoms with Crippen LogP contribution in [0.15, 0.2) is 0 Å². The van der Waals surface area contributed by atoms with E-state index in [2.05, 4.69) is 0 Å². The largest absolute Gasteiger partial charge is 2.00 e. The first-order chi connectivity index (χ1) is 5.54. The first-order valence-corrected chi connectivity index (χ1v) is 3.33. The Morgan fingerprint density at radius 1 is 1.07 bits per heavy atom. The van der Waals surface area contributed by atoms with Gasteiger partial charge in [0.2, 0.25) is 0 Å². The maximum absolute atomic E-state index is 10.5. The summed E-state index contributed by atoms with van der Waals surface area (Å²) in [5, 5.41) is 43.1. The van der Waals surface area contributed by atoms with Gasteiger partial charge in [0.1, 0.15) is 24.9 Å². The molecule has 0 radical (unpaired) electrons. The molecule has 0 amide bonds. The molecule has 0 aliphatic carbocycles. The van der Waals surface area contributed by atoms with Crippen molar-refractivity contribution in [2.75, 3.05) is 13.2 Å². The second-order valence-electron chi connectivity index (χ2n) is 2.31. The van der Waals surface area contributed by atoms with Crippen molar-refractivity contribution in [3.63, 3.8) is 0 Å². The van der Waals surface area contributed by atoms with Gasteiger partial charge in [-0.1, -0.05) is 0 Å². The number of rotatable bonds is 5. The van der Waals surface area contributed by atoms with E-state index in [0.717, 1.165) is 0 Å². The van der Waals surface area contributed by atoms with Gasteiger partial charge in [-0.3, -0.25) is 4.79 Å². The molecule has 0 aromatic heterocycles. The van der Waals surface area contributed by atoms with Gasteiger partial charge in [0.15, 0.2) is 5.78 Å². The minimum absolute atomic E-state index is 0. The zero-order valence-corrected chi connectivity index (χ0v) is 10.1. The van der Waals surface area contributed by atoms with Gasteiger partial charge in [-0.2, -0.15) is 0 Å². The first-order valence-electron chi connectivity index (χ1n) is 3.33. The molecular weight excluding hydrogens is 240 g/mol. The maximum atomic E-state index is 10.5. The van der Waals surface area contributed by atoms with Crippen molar-refractivity contribution in [2.24, 2.45) is 0 Å². The summed E-state index contributed by atoms with van der Waals surface area (Å²) in [7, 11) is 0. The average Bonchev–Trinajstić information content (AvgIpc) is 2.12. The van der Waals surface area contributed by atoms with Crippen molar-refractivity contribution in [3.05, 3.63) is 0 Å². The quantitative estimate of drug-likeness (QED) is 0.307. The average molecular weight is 254 g/mol. The number of ketones is 1.